The van der Waals surface area contributed by atoms with E-state index in [1.807, 2.05) is 36.5 Å². The van der Waals surface area contributed by atoms with E-state index in [0.29, 0.717) is 6.42 Å². The average Bonchev–Trinajstić information content (AvgIpc) is 2.94. The van der Waals surface area contributed by atoms with Gasteiger partial charge in [0, 0.05) is 29.8 Å². The van der Waals surface area contributed by atoms with Gasteiger partial charge in [-0.1, -0.05) is 15.9 Å². The summed E-state index contributed by atoms with van der Waals surface area (Å²) in [5, 5.41) is 7.98. The molecule has 2 aromatic rings. The molecule has 0 saturated carbocycles. The number of nitrogens with zero attached hydrogens (tertiary/aromatic N) is 2. The van der Waals surface area contributed by atoms with Crippen LogP contribution in [0.1, 0.15) is 19.3 Å². The summed E-state index contributed by atoms with van der Waals surface area (Å²) in [4.78, 5) is 11.7. The van der Waals surface area contributed by atoms with E-state index in [9.17, 15) is 4.79 Å². The molecule has 2 rings (SSSR count). The summed E-state index contributed by atoms with van der Waals surface area (Å²) in [5.41, 5.74) is 1.79. The number of anilines is 1. The summed E-state index contributed by atoms with van der Waals surface area (Å²) in [5.74, 6) is 0.0628. The van der Waals surface area contributed by atoms with Crippen LogP contribution in [-0.2, 0) is 4.79 Å². The first kappa shape index (κ1) is 13.8. The van der Waals surface area contributed by atoms with Gasteiger partial charge in [0.2, 0.25) is 5.91 Å². The molecule has 0 aliphatic heterocycles. The van der Waals surface area contributed by atoms with Crippen LogP contribution in [0.4, 0.5) is 5.69 Å². The summed E-state index contributed by atoms with van der Waals surface area (Å²) in [6.07, 6.45) is 6.11. The minimum atomic E-state index is 0.0628. The van der Waals surface area contributed by atoms with Crippen LogP contribution >= 0.6 is 15.9 Å². The third kappa shape index (κ3) is 4.21. The molecule has 0 aliphatic rings. The van der Waals surface area contributed by atoms with Crippen molar-refractivity contribution in [3.8, 4) is 5.69 Å². The summed E-state index contributed by atoms with van der Waals surface area (Å²) in [6.45, 7) is 0. The third-order valence-corrected chi connectivity index (χ3v) is 3.27. The first-order valence-corrected chi connectivity index (χ1v) is 7.37. The molecule has 0 aliphatic carbocycles. The van der Waals surface area contributed by atoms with Gasteiger partial charge in [0.25, 0.3) is 0 Å². The fraction of sp³-hybridized carbons (Fsp3) is 0.286. The standard InChI is InChI=1S/C14H16BrN3O/c15-9-2-1-4-14(19)17-12-5-7-13(8-6-12)18-11-3-10-16-18/h3,5-8,10-11H,1-2,4,9H2,(H,17,19). The first-order valence-electron chi connectivity index (χ1n) is 6.25. The quantitative estimate of drug-likeness (QED) is 0.655. The minimum Gasteiger partial charge on any atom is -0.326 e. The van der Waals surface area contributed by atoms with E-state index >= 15 is 0 Å². The number of alkyl halides is 1. The molecule has 1 heterocycles. The van der Waals surface area contributed by atoms with Gasteiger partial charge in [-0.2, -0.15) is 5.10 Å². The summed E-state index contributed by atoms with van der Waals surface area (Å²) in [6, 6.07) is 9.51. The zero-order chi connectivity index (χ0) is 13.5. The highest BCUT2D eigenvalue weighted by atomic mass is 79.9. The normalized spacial score (nSPS) is 10.4. The lowest BCUT2D eigenvalue weighted by Gasteiger charge is -2.06. The van der Waals surface area contributed by atoms with E-state index in [0.717, 1.165) is 29.5 Å². The molecular weight excluding hydrogens is 306 g/mol. The van der Waals surface area contributed by atoms with Crippen molar-refractivity contribution >= 4 is 27.5 Å². The minimum absolute atomic E-state index is 0.0628. The Labute approximate surface area is 120 Å². The van der Waals surface area contributed by atoms with Crippen molar-refractivity contribution in [3.05, 3.63) is 42.7 Å². The van der Waals surface area contributed by atoms with Crippen LogP contribution in [0.5, 0.6) is 0 Å². The molecule has 100 valence electrons. The number of amides is 1. The summed E-state index contributed by atoms with van der Waals surface area (Å²) in [7, 11) is 0. The van der Waals surface area contributed by atoms with Crippen LogP contribution in [0.15, 0.2) is 42.7 Å². The predicted octanol–water partition coefficient (Wildman–Crippen LogP) is 3.38. The number of hydrogen-bond donors (Lipinski definition) is 1. The lowest BCUT2D eigenvalue weighted by molar-refractivity contribution is -0.116. The number of hydrogen-bond acceptors (Lipinski definition) is 2. The first-order chi connectivity index (χ1) is 9.29. The number of carbonyl (C=O) groups excluding carboxylic acids is 1. The van der Waals surface area contributed by atoms with Gasteiger partial charge in [0.15, 0.2) is 0 Å². The van der Waals surface area contributed by atoms with Crippen molar-refractivity contribution in [2.24, 2.45) is 0 Å². The van der Waals surface area contributed by atoms with Gasteiger partial charge >= 0.3 is 0 Å². The van der Waals surface area contributed by atoms with Gasteiger partial charge in [-0.25, -0.2) is 4.68 Å². The second kappa shape index (κ2) is 7.09. The highest BCUT2D eigenvalue weighted by molar-refractivity contribution is 9.09. The van der Waals surface area contributed by atoms with Crippen molar-refractivity contribution in [1.82, 2.24) is 9.78 Å². The Bertz CT molecular complexity index is 508. The maximum absolute atomic E-state index is 11.7. The van der Waals surface area contributed by atoms with Crippen LogP contribution in [0.25, 0.3) is 5.69 Å². The number of carbonyl (C=O) groups is 1. The van der Waals surface area contributed by atoms with Gasteiger partial charge in [0.05, 0.1) is 5.69 Å². The van der Waals surface area contributed by atoms with Crippen LogP contribution in [0.2, 0.25) is 0 Å². The number of aromatic nitrogens is 2. The molecule has 19 heavy (non-hydrogen) atoms. The Morgan fingerprint density at radius 2 is 2.05 bits per heavy atom. The molecule has 0 atom stereocenters. The molecule has 1 aromatic carbocycles. The highest BCUT2D eigenvalue weighted by Crippen LogP contribution is 2.13. The fourth-order valence-corrected chi connectivity index (χ4v) is 2.12. The number of halogens is 1. The molecule has 0 radical (unpaired) electrons. The lowest BCUT2D eigenvalue weighted by atomic mass is 10.2. The maximum atomic E-state index is 11.7. The van der Waals surface area contributed by atoms with Gasteiger partial charge < -0.3 is 5.32 Å². The average molecular weight is 322 g/mol. The van der Waals surface area contributed by atoms with E-state index in [2.05, 4.69) is 26.3 Å². The van der Waals surface area contributed by atoms with E-state index in [1.54, 1.807) is 10.9 Å². The number of unbranched alkanes of at least 4 members (excludes halogenated alkanes) is 1. The second-order valence-electron chi connectivity index (χ2n) is 4.19. The summed E-state index contributed by atoms with van der Waals surface area (Å²) >= 11 is 3.35. The van der Waals surface area contributed by atoms with Crippen LogP contribution in [0.3, 0.4) is 0 Å². The molecule has 0 fully saturated rings. The molecule has 5 heteroatoms. The Morgan fingerprint density at radius 3 is 2.68 bits per heavy atom. The Hall–Kier alpha value is -1.62. The Balaban J connectivity index is 1.90. The van der Waals surface area contributed by atoms with Gasteiger partial charge in [0.1, 0.15) is 0 Å². The van der Waals surface area contributed by atoms with Gasteiger partial charge in [-0.05, 0) is 43.2 Å². The Kier molecular flexibility index (Phi) is 5.15. The number of benzene rings is 1. The molecular formula is C14H16BrN3O. The van der Waals surface area contributed by atoms with E-state index < -0.39 is 0 Å². The fourth-order valence-electron chi connectivity index (χ4n) is 1.72. The SMILES string of the molecule is O=C(CCCCBr)Nc1ccc(-n2cccn2)cc1. The largest absolute Gasteiger partial charge is 0.326 e. The van der Waals surface area contributed by atoms with Crippen molar-refractivity contribution in [2.45, 2.75) is 19.3 Å². The molecule has 1 amide bonds. The predicted molar refractivity (Wildman–Crippen MR) is 79.8 cm³/mol. The molecule has 1 N–H and O–H groups in total. The van der Waals surface area contributed by atoms with E-state index in [-0.39, 0.29) is 5.91 Å². The van der Waals surface area contributed by atoms with E-state index in [1.165, 1.54) is 0 Å². The van der Waals surface area contributed by atoms with Crippen LogP contribution in [-0.4, -0.2) is 21.0 Å². The van der Waals surface area contributed by atoms with Crippen molar-refractivity contribution in [2.75, 3.05) is 10.6 Å². The molecule has 0 saturated heterocycles. The summed E-state index contributed by atoms with van der Waals surface area (Å²) < 4.78 is 1.78. The van der Waals surface area contributed by atoms with Crippen molar-refractivity contribution in [1.29, 1.82) is 0 Å². The van der Waals surface area contributed by atoms with Crippen LogP contribution in [0, 0.1) is 0 Å². The zero-order valence-corrected chi connectivity index (χ0v) is 12.1. The van der Waals surface area contributed by atoms with Crippen molar-refractivity contribution < 1.29 is 4.79 Å². The van der Waals surface area contributed by atoms with Gasteiger partial charge in [-0.3, -0.25) is 4.79 Å². The molecule has 0 unspecified atom stereocenters. The van der Waals surface area contributed by atoms with Gasteiger partial charge in [-0.15, -0.1) is 0 Å². The Morgan fingerprint density at radius 1 is 1.26 bits per heavy atom. The molecule has 1 aromatic heterocycles. The zero-order valence-electron chi connectivity index (χ0n) is 10.6. The van der Waals surface area contributed by atoms with E-state index in [4.69, 9.17) is 0 Å². The molecule has 4 nitrogen and oxygen atoms in total. The lowest BCUT2D eigenvalue weighted by Crippen LogP contribution is -2.11. The second-order valence-corrected chi connectivity index (χ2v) is 4.98. The topological polar surface area (TPSA) is 46.9 Å². The molecule has 0 spiro atoms. The number of nitrogens with one attached hydrogen (secondary N) is 1. The maximum Gasteiger partial charge on any atom is 0.224 e. The molecule has 0 bridgehead atoms. The number of rotatable bonds is 6. The smallest absolute Gasteiger partial charge is 0.224 e. The van der Waals surface area contributed by atoms with Crippen LogP contribution < -0.4 is 5.32 Å². The third-order valence-electron chi connectivity index (χ3n) is 2.71. The monoisotopic (exact) mass is 321 g/mol. The van der Waals surface area contributed by atoms with Crippen molar-refractivity contribution in [3.63, 3.8) is 0 Å². The highest BCUT2D eigenvalue weighted by Gasteiger charge is 2.02.